The van der Waals surface area contributed by atoms with Crippen molar-refractivity contribution < 1.29 is 9.53 Å². The molecule has 0 fully saturated rings. The molecule has 1 aromatic heterocycles. The average molecular weight is 323 g/mol. The number of ether oxygens (including phenoxy) is 1. The summed E-state index contributed by atoms with van der Waals surface area (Å²) in [6, 6.07) is 9.98. The van der Waals surface area contributed by atoms with E-state index in [0.29, 0.717) is 13.1 Å². The Bertz CT molecular complexity index is 569. The van der Waals surface area contributed by atoms with Crippen LogP contribution in [0.1, 0.15) is 5.56 Å². The van der Waals surface area contributed by atoms with E-state index in [1.807, 2.05) is 30.3 Å². The first-order valence-corrected chi connectivity index (χ1v) is 6.89. The fourth-order valence-corrected chi connectivity index (χ4v) is 2.27. The van der Waals surface area contributed by atoms with Gasteiger partial charge in [0.2, 0.25) is 0 Å². The van der Waals surface area contributed by atoms with E-state index >= 15 is 0 Å². The number of nitrogens with zero attached hydrogens (tertiary/aromatic N) is 1. The highest BCUT2D eigenvalue weighted by molar-refractivity contribution is 9.10. The molecule has 0 aliphatic rings. The zero-order valence-corrected chi connectivity index (χ0v) is 12.2. The van der Waals surface area contributed by atoms with E-state index in [9.17, 15) is 4.79 Å². The quantitative estimate of drug-likeness (QED) is 0.677. The van der Waals surface area contributed by atoms with Crippen LogP contribution in [-0.4, -0.2) is 29.4 Å². The summed E-state index contributed by atoms with van der Waals surface area (Å²) in [6.07, 6.45) is 1.80. The standard InChI is InChI=1S/C14H15BrN2O2/c1-19-14(18)12(15)9-16-8-10-6-7-17-13-5-3-2-4-11(10)13/h2-7,12,16H,8-9H2,1H3. The molecular formula is C14H15BrN2O2. The Kier molecular flexibility index (Phi) is 4.87. The summed E-state index contributed by atoms with van der Waals surface area (Å²) in [7, 11) is 1.38. The molecule has 0 spiro atoms. The molecule has 0 saturated carbocycles. The molecule has 5 heteroatoms. The molecule has 19 heavy (non-hydrogen) atoms. The number of hydrogen-bond acceptors (Lipinski definition) is 4. The van der Waals surface area contributed by atoms with Crippen molar-refractivity contribution in [3.63, 3.8) is 0 Å². The molecule has 2 aromatic rings. The van der Waals surface area contributed by atoms with Crippen molar-refractivity contribution in [1.82, 2.24) is 10.3 Å². The van der Waals surface area contributed by atoms with E-state index in [1.165, 1.54) is 7.11 Å². The normalized spacial score (nSPS) is 12.3. The van der Waals surface area contributed by atoms with Gasteiger partial charge in [0, 0.05) is 24.7 Å². The molecule has 0 radical (unpaired) electrons. The largest absolute Gasteiger partial charge is 0.468 e. The fourth-order valence-electron chi connectivity index (χ4n) is 1.85. The predicted molar refractivity (Wildman–Crippen MR) is 78.2 cm³/mol. The summed E-state index contributed by atoms with van der Waals surface area (Å²) >= 11 is 3.28. The molecular weight excluding hydrogens is 308 g/mol. The van der Waals surface area contributed by atoms with Crippen LogP contribution in [0.4, 0.5) is 0 Å². The Balaban J connectivity index is 2.00. The molecule has 0 aliphatic carbocycles. The summed E-state index contributed by atoms with van der Waals surface area (Å²) < 4.78 is 4.65. The number of rotatable bonds is 5. The molecule has 0 bridgehead atoms. The zero-order chi connectivity index (χ0) is 13.7. The highest BCUT2D eigenvalue weighted by Gasteiger charge is 2.14. The maximum atomic E-state index is 11.2. The van der Waals surface area contributed by atoms with Crippen LogP contribution in [0.3, 0.4) is 0 Å². The Hall–Kier alpha value is -1.46. The van der Waals surface area contributed by atoms with Gasteiger partial charge in [0.1, 0.15) is 4.83 Å². The van der Waals surface area contributed by atoms with Crippen LogP contribution in [0.25, 0.3) is 10.9 Å². The van der Waals surface area contributed by atoms with Crippen LogP contribution in [-0.2, 0) is 16.1 Å². The molecule has 1 N–H and O–H groups in total. The number of halogens is 1. The number of hydrogen-bond donors (Lipinski definition) is 1. The van der Waals surface area contributed by atoms with Gasteiger partial charge in [0.25, 0.3) is 0 Å². The highest BCUT2D eigenvalue weighted by Crippen LogP contribution is 2.15. The lowest BCUT2D eigenvalue weighted by Gasteiger charge is -2.10. The van der Waals surface area contributed by atoms with Gasteiger partial charge in [-0.25, -0.2) is 0 Å². The topological polar surface area (TPSA) is 51.2 Å². The predicted octanol–water partition coefficient (Wildman–Crippen LogP) is 2.26. The number of carbonyl (C=O) groups is 1. The van der Waals surface area contributed by atoms with Crippen molar-refractivity contribution in [2.75, 3.05) is 13.7 Å². The summed E-state index contributed by atoms with van der Waals surface area (Å²) in [5.74, 6) is -0.271. The van der Waals surface area contributed by atoms with Gasteiger partial charge in [-0.1, -0.05) is 34.1 Å². The maximum Gasteiger partial charge on any atom is 0.320 e. The minimum Gasteiger partial charge on any atom is -0.468 e. The summed E-state index contributed by atoms with van der Waals surface area (Å²) in [6.45, 7) is 1.20. The fraction of sp³-hybridized carbons (Fsp3) is 0.286. The molecule has 4 nitrogen and oxygen atoms in total. The monoisotopic (exact) mass is 322 g/mol. The first kappa shape index (κ1) is 14.0. The third kappa shape index (κ3) is 3.52. The molecule has 1 heterocycles. The summed E-state index contributed by atoms with van der Waals surface area (Å²) in [5, 5.41) is 4.36. The number of esters is 1. The van der Waals surface area contributed by atoms with Gasteiger partial charge >= 0.3 is 5.97 Å². The number of alkyl halides is 1. The van der Waals surface area contributed by atoms with Crippen LogP contribution < -0.4 is 5.32 Å². The summed E-state index contributed by atoms with van der Waals surface area (Å²) in [4.78, 5) is 15.2. The average Bonchev–Trinajstić information content (AvgIpc) is 2.46. The van der Waals surface area contributed by atoms with Gasteiger partial charge in [-0.3, -0.25) is 9.78 Å². The minimum absolute atomic E-state index is 0.271. The number of para-hydroxylation sites is 1. The van der Waals surface area contributed by atoms with E-state index in [2.05, 4.69) is 31.0 Å². The van der Waals surface area contributed by atoms with Crippen LogP contribution in [0, 0.1) is 0 Å². The second-order valence-electron chi connectivity index (χ2n) is 4.11. The summed E-state index contributed by atoms with van der Waals surface area (Å²) in [5.41, 5.74) is 2.14. The first-order valence-electron chi connectivity index (χ1n) is 5.97. The molecule has 0 saturated heterocycles. The Labute approximate surface area is 120 Å². The number of nitrogens with one attached hydrogen (secondary N) is 1. The van der Waals surface area contributed by atoms with Crippen molar-refractivity contribution >= 4 is 32.8 Å². The molecule has 1 aromatic carbocycles. The van der Waals surface area contributed by atoms with E-state index in [4.69, 9.17) is 0 Å². The van der Waals surface area contributed by atoms with Gasteiger partial charge in [-0.2, -0.15) is 0 Å². The van der Waals surface area contributed by atoms with Crippen LogP contribution in [0.5, 0.6) is 0 Å². The van der Waals surface area contributed by atoms with E-state index in [0.717, 1.165) is 16.5 Å². The lowest BCUT2D eigenvalue weighted by Crippen LogP contribution is -2.29. The molecule has 1 atom stereocenters. The van der Waals surface area contributed by atoms with E-state index < -0.39 is 0 Å². The van der Waals surface area contributed by atoms with Crippen molar-refractivity contribution in [1.29, 1.82) is 0 Å². The van der Waals surface area contributed by atoms with Gasteiger partial charge in [0.05, 0.1) is 12.6 Å². The van der Waals surface area contributed by atoms with Crippen LogP contribution in [0.2, 0.25) is 0 Å². The van der Waals surface area contributed by atoms with Gasteiger partial charge in [-0.15, -0.1) is 0 Å². The number of carbonyl (C=O) groups excluding carboxylic acids is 1. The van der Waals surface area contributed by atoms with Crippen molar-refractivity contribution in [3.8, 4) is 0 Å². The van der Waals surface area contributed by atoms with Gasteiger partial charge in [-0.05, 0) is 17.7 Å². The number of aromatic nitrogens is 1. The lowest BCUT2D eigenvalue weighted by molar-refractivity contribution is -0.139. The molecule has 100 valence electrons. The number of fused-ring (bicyclic) bond motifs is 1. The van der Waals surface area contributed by atoms with Gasteiger partial charge in [0.15, 0.2) is 0 Å². The maximum absolute atomic E-state index is 11.2. The van der Waals surface area contributed by atoms with Crippen LogP contribution in [0.15, 0.2) is 36.5 Å². The number of benzene rings is 1. The van der Waals surface area contributed by atoms with Crippen molar-refractivity contribution in [2.45, 2.75) is 11.4 Å². The van der Waals surface area contributed by atoms with Crippen molar-refractivity contribution in [3.05, 3.63) is 42.1 Å². The lowest BCUT2D eigenvalue weighted by atomic mass is 10.1. The molecule has 1 unspecified atom stereocenters. The SMILES string of the molecule is COC(=O)C(Br)CNCc1ccnc2ccccc12. The molecule has 2 rings (SSSR count). The second-order valence-corrected chi connectivity index (χ2v) is 5.21. The Morgan fingerprint density at radius 1 is 1.42 bits per heavy atom. The highest BCUT2D eigenvalue weighted by atomic mass is 79.9. The second kappa shape index (κ2) is 6.63. The van der Waals surface area contributed by atoms with Crippen LogP contribution >= 0.6 is 15.9 Å². The van der Waals surface area contributed by atoms with Gasteiger partial charge < -0.3 is 10.1 Å². The van der Waals surface area contributed by atoms with E-state index in [1.54, 1.807) is 6.20 Å². The molecule has 0 amide bonds. The van der Waals surface area contributed by atoms with Crippen molar-refractivity contribution in [2.24, 2.45) is 0 Å². The third-order valence-corrected chi connectivity index (χ3v) is 3.53. The Morgan fingerprint density at radius 2 is 2.21 bits per heavy atom. The smallest absolute Gasteiger partial charge is 0.320 e. The Morgan fingerprint density at radius 3 is 3.00 bits per heavy atom. The number of pyridine rings is 1. The third-order valence-electron chi connectivity index (χ3n) is 2.84. The first-order chi connectivity index (χ1) is 9.22. The number of methoxy groups -OCH3 is 1. The minimum atomic E-state index is -0.328. The van der Waals surface area contributed by atoms with E-state index in [-0.39, 0.29) is 10.8 Å². The zero-order valence-electron chi connectivity index (χ0n) is 10.6. The molecule has 0 aliphatic heterocycles.